The molecule has 1 heterocycles. The highest BCUT2D eigenvalue weighted by atomic mass is 79.9. The summed E-state index contributed by atoms with van der Waals surface area (Å²) in [5, 5.41) is 2.43. The first-order valence-electron chi connectivity index (χ1n) is 11.4. The Labute approximate surface area is 212 Å². The molecule has 0 saturated heterocycles. The maximum absolute atomic E-state index is 4.84. The molecule has 0 amide bonds. The van der Waals surface area contributed by atoms with Crippen molar-refractivity contribution in [3.05, 3.63) is 126 Å². The molecule has 0 N–H and O–H groups in total. The molecule has 6 rings (SSSR count). The van der Waals surface area contributed by atoms with Crippen LogP contribution in [-0.4, -0.2) is 15.0 Å². The van der Waals surface area contributed by atoms with Crippen LogP contribution >= 0.6 is 15.9 Å². The van der Waals surface area contributed by atoms with Gasteiger partial charge in [-0.3, -0.25) is 0 Å². The molecule has 5 aromatic carbocycles. The monoisotopic (exact) mass is 513 g/mol. The number of nitrogens with zero attached hydrogens (tertiary/aromatic N) is 3. The zero-order chi connectivity index (χ0) is 23.6. The van der Waals surface area contributed by atoms with Crippen LogP contribution in [0, 0.1) is 0 Å². The minimum atomic E-state index is 0.654. The summed E-state index contributed by atoms with van der Waals surface area (Å²) in [5.74, 6) is 1.98. The first-order valence-corrected chi connectivity index (χ1v) is 12.2. The van der Waals surface area contributed by atoms with E-state index in [-0.39, 0.29) is 0 Å². The average Bonchev–Trinajstić information content (AvgIpc) is 2.94. The molecule has 0 aliphatic heterocycles. The third kappa shape index (κ3) is 4.25. The van der Waals surface area contributed by atoms with Gasteiger partial charge in [0.1, 0.15) is 0 Å². The van der Waals surface area contributed by atoms with Gasteiger partial charge in [0, 0.05) is 26.7 Å². The highest BCUT2D eigenvalue weighted by Crippen LogP contribution is 2.36. The Bertz CT molecular complexity index is 1570. The van der Waals surface area contributed by atoms with Gasteiger partial charge in [0.05, 0.1) is 0 Å². The van der Waals surface area contributed by atoms with E-state index in [1.165, 1.54) is 16.3 Å². The third-order valence-corrected chi connectivity index (χ3v) is 6.67. The molecule has 0 saturated carbocycles. The summed E-state index contributed by atoms with van der Waals surface area (Å²) in [4.78, 5) is 14.5. The van der Waals surface area contributed by atoms with Crippen molar-refractivity contribution in [1.82, 2.24) is 15.0 Å². The molecule has 3 nitrogen and oxygen atoms in total. The van der Waals surface area contributed by atoms with E-state index in [0.29, 0.717) is 17.5 Å². The quantitative estimate of drug-likeness (QED) is 0.237. The number of aromatic nitrogens is 3. The highest BCUT2D eigenvalue weighted by Gasteiger charge is 2.13. The smallest absolute Gasteiger partial charge is 0.164 e. The summed E-state index contributed by atoms with van der Waals surface area (Å²) < 4.78 is 1.07. The lowest BCUT2D eigenvalue weighted by molar-refractivity contribution is 1.07. The Morgan fingerprint density at radius 1 is 0.400 bits per heavy atom. The lowest BCUT2D eigenvalue weighted by Gasteiger charge is -2.11. The molecule has 0 radical (unpaired) electrons. The SMILES string of the molecule is Brc1ccc2ccccc2c1-c1ccc(-c2nc(-c3ccccc3)nc(-c3ccccc3)n2)cc1. The Morgan fingerprint density at radius 2 is 0.857 bits per heavy atom. The molecule has 166 valence electrons. The largest absolute Gasteiger partial charge is 0.208 e. The van der Waals surface area contributed by atoms with Crippen LogP contribution in [0.25, 0.3) is 56.1 Å². The molecule has 0 aliphatic carbocycles. The van der Waals surface area contributed by atoms with Crippen LogP contribution in [-0.2, 0) is 0 Å². The number of halogens is 1. The van der Waals surface area contributed by atoms with Crippen molar-refractivity contribution in [2.45, 2.75) is 0 Å². The van der Waals surface area contributed by atoms with E-state index in [1.54, 1.807) is 0 Å². The highest BCUT2D eigenvalue weighted by molar-refractivity contribution is 9.10. The molecular formula is C31H20BrN3. The van der Waals surface area contributed by atoms with Crippen LogP contribution in [0.3, 0.4) is 0 Å². The van der Waals surface area contributed by atoms with Crippen LogP contribution in [0.15, 0.2) is 126 Å². The predicted molar refractivity (Wildman–Crippen MR) is 147 cm³/mol. The zero-order valence-electron chi connectivity index (χ0n) is 18.8. The van der Waals surface area contributed by atoms with Crippen molar-refractivity contribution in [3.8, 4) is 45.3 Å². The lowest BCUT2D eigenvalue weighted by Crippen LogP contribution is -2.00. The van der Waals surface area contributed by atoms with Crippen molar-refractivity contribution in [3.63, 3.8) is 0 Å². The Morgan fingerprint density at radius 3 is 1.43 bits per heavy atom. The fourth-order valence-corrected chi connectivity index (χ4v) is 4.84. The van der Waals surface area contributed by atoms with E-state index < -0.39 is 0 Å². The molecule has 35 heavy (non-hydrogen) atoms. The first-order chi connectivity index (χ1) is 17.3. The summed E-state index contributed by atoms with van der Waals surface area (Å²) in [5.41, 5.74) is 5.19. The normalized spacial score (nSPS) is 11.0. The van der Waals surface area contributed by atoms with Gasteiger partial charge in [0.25, 0.3) is 0 Å². The second-order valence-corrected chi connectivity index (χ2v) is 9.11. The molecule has 0 aliphatic rings. The van der Waals surface area contributed by atoms with Crippen LogP contribution in [0.1, 0.15) is 0 Å². The van der Waals surface area contributed by atoms with Gasteiger partial charge in [-0.25, -0.2) is 15.0 Å². The van der Waals surface area contributed by atoms with E-state index in [0.717, 1.165) is 26.7 Å². The number of fused-ring (bicyclic) bond motifs is 1. The molecule has 0 spiro atoms. The molecule has 0 fully saturated rings. The van der Waals surface area contributed by atoms with E-state index in [4.69, 9.17) is 15.0 Å². The van der Waals surface area contributed by atoms with E-state index in [9.17, 15) is 0 Å². The first kappa shape index (κ1) is 21.4. The average molecular weight is 514 g/mol. The van der Waals surface area contributed by atoms with E-state index >= 15 is 0 Å². The maximum atomic E-state index is 4.84. The maximum Gasteiger partial charge on any atom is 0.164 e. The molecule has 1 aromatic heterocycles. The Hall–Kier alpha value is -4.15. The summed E-state index contributed by atoms with van der Waals surface area (Å²) in [6, 6.07) is 41.2. The van der Waals surface area contributed by atoms with Gasteiger partial charge < -0.3 is 0 Å². The molecule has 0 atom stereocenters. The third-order valence-electron chi connectivity index (χ3n) is 6.01. The fourth-order valence-electron chi connectivity index (χ4n) is 4.26. The van der Waals surface area contributed by atoms with Gasteiger partial charge >= 0.3 is 0 Å². The van der Waals surface area contributed by atoms with Crippen molar-refractivity contribution in [2.24, 2.45) is 0 Å². The molecular weight excluding hydrogens is 494 g/mol. The van der Waals surface area contributed by atoms with E-state index in [2.05, 4.69) is 76.6 Å². The van der Waals surface area contributed by atoms with Gasteiger partial charge in [-0.1, -0.05) is 131 Å². The fraction of sp³-hybridized carbons (Fsp3) is 0. The van der Waals surface area contributed by atoms with Crippen LogP contribution in [0.5, 0.6) is 0 Å². The zero-order valence-corrected chi connectivity index (χ0v) is 20.4. The van der Waals surface area contributed by atoms with Crippen molar-refractivity contribution in [1.29, 1.82) is 0 Å². The summed E-state index contributed by atoms with van der Waals surface area (Å²) >= 11 is 3.76. The number of rotatable bonds is 4. The molecule has 0 unspecified atom stereocenters. The van der Waals surface area contributed by atoms with Gasteiger partial charge in [0.15, 0.2) is 17.5 Å². The molecule has 6 aromatic rings. The minimum Gasteiger partial charge on any atom is -0.208 e. The van der Waals surface area contributed by atoms with Gasteiger partial charge in [0.2, 0.25) is 0 Å². The van der Waals surface area contributed by atoms with Gasteiger partial charge in [-0.05, 0) is 22.4 Å². The molecule has 0 bridgehead atoms. The predicted octanol–water partition coefficient (Wildman–Crippen LogP) is 8.46. The summed E-state index contributed by atoms with van der Waals surface area (Å²) in [6.07, 6.45) is 0. The number of benzene rings is 5. The number of hydrogen-bond acceptors (Lipinski definition) is 3. The van der Waals surface area contributed by atoms with Gasteiger partial charge in [-0.2, -0.15) is 0 Å². The van der Waals surface area contributed by atoms with Crippen LogP contribution in [0.2, 0.25) is 0 Å². The standard InChI is InChI=1S/C31H20BrN3/c32-27-20-19-21-9-7-8-14-26(21)28(27)22-15-17-25(18-16-22)31-34-29(23-10-3-1-4-11-23)33-30(35-31)24-12-5-2-6-13-24/h1-20H. The minimum absolute atomic E-state index is 0.654. The van der Waals surface area contributed by atoms with Gasteiger partial charge in [-0.15, -0.1) is 0 Å². The summed E-state index contributed by atoms with van der Waals surface area (Å²) in [6.45, 7) is 0. The second-order valence-electron chi connectivity index (χ2n) is 8.26. The second kappa shape index (κ2) is 9.24. The van der Waals surface area contributed by atoms with E-state index in [1.807, 2.05) is 60.7 Å². The van der Waals surface area contributed by atoms with Crippen LogP contribution < -0.4 is 0 Å². The van der Waals surface area contributed by atoms with Crippen LogP contribution in [0.4, 0.5) is 0 Å². The Kier molecular flexibility index (Phi) is 5.65. The molecule has 4 heteroatoms. The van der Waals surface area contributed by atoms with Crippen molar-refractivity contribution < 1.29 is 0 Å². The summed E-state index contributed by atoms with van der Waals surface area (Å²) in [7, 11) is 0. The lowest BCUT2D eigenvalue weighted by atomic mass is 9.97. The Balaban J connectivity index is 1.47. The van der Waals surface area contributed by atoms with Crippen molar-refractivity contribution in [2.75, 3.05) is 0 Å². The topological polar surface area (TPSA) is 38.7 Å². The number of hydrogen-bond donors (Lipinski definition) is 0. The van der Waals surface area contributed by atoms with Crippen molar-refractivity contribution >= 4 is 26.7 Å².